The first-order chi connectivity index (χ1) is 8.93. The van der Waals surface area contributed by atoms with Crippen molar-refractivity contribution in [1.82, 2.24) is 10.2 Å². The number of alkyl halides is 3. The number of aromatic nitrogens is 2. The molecule has 0 saturated heterocycles. The summed E-state index contributed by atoms with van der Waals surface area (Å²) in [7, 11) is 0. The molecule has 3 nitrogen and oxygen atoms in total. The number of nitrogen functional groups attached to an aromatic ring is 1. The van der Waals surface area contributed by atoms with Gasteiger partial charge in [-0.05, 0) is 29.7 Å². The van der Waals surface area contributed by atoms with Gasteiger partial charge in [0.1, 0.15) is 5.82 Å². The van der Waals surface area contributed by atoms with E-state index in [-0.39, 0.29) is 0 Å². The largest absolute Gasteiger partial charge is 0.416 e. The lowest BCUT2D eigenvalue weighted by Crippen LogP contribution is -2.03. The number of nitrogens with zero attached hydrogens (tertiary/aromatic N) is 1. The zero-order valence-electron chi connectivity index (χ0n) is 9.45. The molecule has 0 radical (unpaired) electrons. The molecule has 98 valence electrons. The van der Waals surface area contributed by atoms with Crippen LogP contribution in [0.2, 0.25) is 0 Å². The monoisotopic (exact) mass is 283 g/mol. The predicted molar refractivity (Wildman–Crippen MR) is 68.8 cm³/mol. The third-order valence-electron chi connectivity index (χ3n) is 2.71. The number of hydrogen-bond acceptors (Lipinski definition) is 3. The van der Waals surface area contributed by atoms with Gasteiger partial charge in [0.05, 0.1) is 16.1 Å². The molecule has 0 spiro atoms. The van der Waals surface area contributed by atoms with E-state index in [4.69, 9.17) is 5.73 Å². The summed E-state index contributed by atoms with van der Waals surface area (Å²) in [6, 6.07) is 7.06. The van der Waals surface area contributed by atoms with Crippen LogP contribution in [0.5, 0.6) is 0 Å². The Morgan fingerprint density at radius 3 is 2.58 bits per heavy atom. The summed E-state index contributed by atoms with van der Waals surface area (Å²) in [5.41, 5.74) is 5.56. The maximum Gasteiger partial charge on any atom is 0.416 e. The second-order valence-electron chi connectivity index (χ2n) is 4.07. The summed E-state index contributed by atoms with van der Waals surface area (Å²) < 4.78 is 38.6. The van der Waals surface area contributed by atoms with Crippen LogP contribution in [-0.4, -0.2) is 10.2 Å². The molecular weight excluding hydrogens is 275 g/mol. The lowest BCUT2D eigenvalue weighted by molar-refractivity contribution is -0.137. The first-order valence-corrected chi connectivity index (χ1v) is 6.17. The van der Waals surface area contributed by atoms with Crippen LogP contribution in [0.1, 0.15) is 5.56 Å². The van der Waals surface area contributed by atoms with Crippen molar-refractivity contribution in [1.29, 1.82) is 0 Å². The number of halogens is 3. The highest BCUT2D eigenvalue weighted by molar-refractivity contribution is 7.22. The second kappa shape index (κ2) is 3.99. The third kappa shape index (κ3) is 2.17. The SMILES string of the molecule is Nc1cc(-c2cc3cc(C(F)(F)F)ccc3s2)[nH]n1. The zero-order chi connectivity index (χ0) is 13.6. The average molecular weight is 283 g/mol. The fraction of sp³-hybridized carbons (Fsp3) is 0.0833. The number of benzene rings is 1. The molecule has 3 N–H and O–H groups in total. The number of rotatable bonds is 1. The summed E-state index contributed by atoms with van der Waals surface area (Å²) in [5, 5.41) is 7.10. The van der Waals surface area contributed by atoms with Crippen molar-refractivity contribution in [3.05, 3.63) is 35.9 Å². The maximum absolute atomic E-state index is 12.6. The van der Waals surface area contributed by atoms with Crippen molar-refractivity contribution < 1.29 is 13.2 Å². The molecule has 0 bridgehead atoms. The van der Waals surface area contributed by atoms with Gasteiger partial charge in [0.15, 0.2) is 0 Å². The summed E-state index contributed by atoms with van der Waals surface area (Å²) in [6.07, 6.45) is -4.32. The van der Waals surface area contributed by atoms with Gasteiger partial charge in [-0.2, -0.15) is 18.3 Å². The van der Waals surface area contributed by atoms with Crippen LogP contribution in [0.25, 0.3) is 20.7 Å². The number of anilines is 1. The summed E-state index contributed by atoms with van der Waals surface area (Å²) >= 11 is 1.39. The van der Waals surface area contributed by atoms with E-state index in [2.05, 4.69) is 10.2 Å². The summed E-state index contributed by atoms with van der Waals surface area (Å²) in [5.74, 6) is 0.350. The molecule has 0 aliphatic rings. The topological polar surface area (TPSA) is 54.7 Å². The minimum atomic E-state index is -4.32. The number of thiophene rings is 1. The number of aromatic amines is 1. The molecule has 2 heterocycles. The Kier molecular flexibility index (Phi) is 2.53. The van der Waals surface area contributed by atoms with E-state index in [0.717, 1.165) is 21.7 Å². The van der Waals surface area contributed by atoms with E-state index in [1.165, 1.54) is 17.4 Å². The van der Waals surface area contributed by atoms with Gasteiger partial charge in [-0.3, -0.25) is 5.10 Å². The van der Waals surface area contributed by atoms with Crippen molar-refractivity contribution in [3.8, 4) is 10.6 Å². The molecule has 0 fully saturated rings. The average Bonchev–Trinajstić information content (AvgIpc) is 2.92. The first kappa shape index (κ1) is 12.0. The maximum atomic E-state index is 12.6. The van der Waals surface area contributed by atoms with Gasteiger partial charge in [-0.1, -0.05) is 0 Å². The molecule has 7 heteroatoms. The Hall–Kier alpha value is -2.02. The molecule has 1 aromatic carbocycles. The molecule has 0 unspecified atom stereocenters. The number of nitrogens with two attached hydrogens (primary N) is 1. The van der Waals surface area contributed by atoms with Gasteiger partial charge in [0.2, 0.25) is 0 Å². The first-order valence-electron chi connectivity index (χ1n) is 5.35. The van der Waals surface area contributed by atoms with Crippen molar-refractivity contribution in [2.75, 3.05) is 5.73 Å². The van der Waals surface area contributed by atoms with Crippen LogP contribution in [-0.2, 0) is 6.18 Å². The van der Waals surface area contributed by atoms with Crippen LogP contribution < -0.4 is 5.73 Å². The van der Waals surface area contributed by atoms with Gasteiger partial charge in [-0.15, -0.1) is 11.3 Å². The van der Waals surface area contributed by atoms with Gasteiger partial charge in [-0.25, -0.2) is 0 Å². The Morgan fingerprint density at radius 1 is 1.16 bits per heavy atom. The number of fused-ring (bicyclic) bond motifs is 1. The van der Waals surface area contributed by atoms with E-state index in [1.54, 1.807) is 12.1 Å². The lowest BCUT2D eigenvalue weighted by atomic mass is 10.1. The van der Waals surface area contributed by atoms with Crippen LogP contribution in [0.3, 0.4) is 0 Å². The molecule has 19 heavy (non-hydrogen) atoms. The molecule has 0 saturated carbocycles. The third-order valence-corrected chi connectivity index (χ3v) is 3.86. The van der Waals surface area contributed by atoms with Gasteiger partial charge < -0.3 is 5.73 Å². The fourth-order valence-corrected chi connectivity index (χ4v) is 2.82. The zero-order valence-corrected chi connectivity index (χ0v) is 10.3. The lowest BCUT2D eigenvalue weighted by Gasteiger charge is -2.05. The van der Waals surface area contributed by atoms with E-state index in [9.17, 15) is 13.2 Å². The Bertz CT molecular complexity index is 742. The Labute approximate surface area is 109 Å². The molecule has 0 amide bonds. The van der Waals surface area contributed by atoms with Crippen LogP contribution in [0.15, 0.2) is 30.3 Å². The molecular formula is C12H8F3N3S. The molecule has 0 aliphatic heterocycles. The standard InChI is InChI=1S/C12H8F3N3S/c13-12(14,15)7-1-2-9-6(3-7)4-10(19-9)8-5-11(16)18-17-8/h1-5H,(H3,16,17,18). The van der Waals surface area contributed by atoms with Gasteiger partial charge in [0, 0.05) is 10.8 Å². The van der Waals surface area contributed by atoms with Crippen molar-refractivity contribution in [3.63, 3.8) is 0 Å². The van der Waals surface area contributed by atoms with E-state index in [1.807, 2.05) is 0 Å². The van der Waals surface area contributed by atoms with Crippen LogP contribution in [0.4, 0.5) is 19.0 Å². The molecule has 0 atom stereocenters. The molecule has 3 rings (SSSR count). The fourth-order valence-electron chi connectivity index (χ4n) is 1.82. The Morgan fingerprint density at radius 2 is 1.95 bits per heavy atom. The quantitative estimate of drug-likeness (QED) is 0.711. The normalized spacial score (nSPS) is 12.2. The highest BCUT2D eigenvalue weighted by Crippen LogP contribution is 2.37. The Balaban J connectivity index is 2.11. The minimum absolute atomic E-state index is 0.350. The van der Waals surface area contributed by atoms with E-state index in [0.29, 0.717) is 16.9 Å². The number of hydrogen-bond donors (Lipinski definition) is 2. The summed E-state index contributed by atoms with van der Waals surface area (Å²) in [6.45, 7) is 0. The minimum Gasteiger partial charge on any atom is -0.382 e. The van der Waals surface area contributed by atoms with Gasteiger partial charge in [0.25, 0.3) is 0 Å². The van der Waals surface area contributed by atoms with Crippen molar-refractivity contribution in [2.45, 2.75) is 6.18 Å². The highest BCUT2D eigenvalue weighted by atomic mass is 32.1. The molecule has 0 aliphatic carbocycles. The van der Waals surface area contributed by atoms with Gasteiger partial charge >= 0.3 is 6.18 Å². The van der Waals surface area contributed by atoms with E-state index >= 15 is 0 Å². The second-order valence-corrected chi connectivity index (χ2v) is 5.15. The van der Waals surface area contributed by atoms with Crippen molar-refractivity contribution in [2.24, 2.45) is 0 Å². The predicted octanol–water partition coefficient (Wildman–Crippen LogP) is 3.89. The smallest absolute Gasteiger partial charge is 0.382 e. The number of H-pyrrole nitrogens is 1. The molecule has 3 aromatic rings. The highest BCUT2D eigenvalue weighted by Gasteiger charge is 2.30. The number of nitrogens with one attached hydrogen (secondary N) is 1. The summed E-state index contributed by atoms with van der Waals surface area (Å²) in [4.78, 5) is 0.804. The van der Waals surface area contributed by atoms with Crippen LogP contribution >= 0.6 is 11.3 Å². The van der Waals surface area contributed by atoms with Crippen molar-refractivity contribution >= 4 is 27.2 Å². The molecule has 2 aromatic heterocycles. The van der Waals surface area contributed by atoms with E-state index < -0.39 is 11.7 Å². The van der Waals surface area contributed by atoms with Crippen LogP contribution in [0, 0.1) is 0 Å².